The van der Waals surface area contributed by atoms with Gasteiger partial charge in [0.05, 0.1) is 13.2 Å². The van der Waals surface area contributed by atoms with Crippen LogP contribution in [0.1, 0.15) is 5.56 Å². The molecule has 1 heterocycles. The third-order valence-corrected chi connectivity index (χ3v) is 4.40. The van der Waals surface area contributed by atoms with E-state index in [1.165, 1.54) is 6.20 Å². The zero-order chi connectivity index (χ0) is 17.4. The molecule has 1 aromatic carbocycles. The quantitative estimate of drug-likeness (QED) is 0.306. The van der Waals surface area contributed by atoms with E-state index in [0.717, 1.165) is 47.7 Å². The van der Waals surface area contributed by atoms with Gasteiger partial charge in [-0.2, -0.15) is 5.26 Å². The molecule has 2 rings (SSSR count). The van der Waals surface area contributed by atoms with Gasteiger partial charge >= 0.3 is 0 Å². The molecule has 1 fully saturated rings. The number of hydrogen-bond donors (Lipinski definition) is 2. The Hall–Kier alpha value is -1.63. The SMILES string of the molecule is Cc1cc(I)ccc1NC(=O)/C(C#N)=C\NCCN1CCOCC1. The molecule has 0 saturated carbocycles. The average Bonchev–Trinajstić information content (AvgIpc) is 2.58. The van der Waals surface area contributed by atoms with E-state index in [0.29, 0.717) is 6.54 Å². The zero-order valence-electron chi connectivity index (χ0n) is 13.6. The van der Waals surface area contributed by atoms with Crippen LogP contribution in [0.4, 0.5) is 5.69 Å². The number of morpholine rings is 1. The van der Waals surface area contributed by atoms with Crippen LogP contribution in [0, 0.1) is 21.8 Å². The molecule has 24 heavy (non-hydrogen) atoms. The van der Waals surface area contributed by atoms with Gasteiger partial charge in [-0.3, -0.25) is 9.69 Å². The molecule has 7 heteroatoms. The number of hydrogen-bond acceptors (Lipinski definition) is 5. The van der Waals surface area contributed by atoms with Gasteiger partial charge in [0.2, 0.25) is 0 Å². The fourth-order valence-corrected chi connectivity index (χ4v) is 2.97. The fraction of sp³-hybridized carbons (Fsp3) is 0.412. The van der Waals surface area contributed by atoms with Crippen LogP contribution in [0.5, 0.6) is 0 Å². The number of ether oxygens (including phenoxy) is 1. The van der Waals surface area contributed by atoms with E-state index in [9.17, 15) is 10.1 Å². The summed E-state index contributed by atoms with van der Waals surface area (Å²) in [5.41, 5.74) is 1.75. The van der Waals surface area contributed by atoms with E-state index in [-0.39, 0.29) is 5.57 Å². The number of nitriles is 1. The first-order valence-electron chi connectivity index (χ1n) is 7.81. The van der Waals surface area contributed by atoms with Crippen LogP contribution >= 0.6 is 22.6 Å². The zero-order valence-corrected chi connectivity index (χ0v) is 15.8. The van der Waals surface area contributed by atoms with Crippen LogP contribution in [0.2, 0.25) is 0 Å². The van der Waals surface area contributed by atoms with E-state index in [2.05, 4.69) is 38.1 Å². The van der Waals surface area contributed by atoms with Crippen LogP contribution in [-0.4, -0.2) is 50.2 Å². The number of aryl methyl sites for hydroxylation is 1. The van der Waals surface area contributed by atoms with Crippen molar-refractivity contribution in [3.63, 3.8) is 0 Å². The predicted octanol–water partition coefficient (Wildman–Crippen LogP) is 1.87. The number of benzene rings is 1. The molecule has 1 aliphatic rings. The highest BCUT2D eigenvalue weighted by Crippen LogP contribution is 2.18. The minimum atomic E-state index is -0.402. The first kappa shape index (κ1) is 18.7. The lowest BCUT2D eigenvalue weighted by Gasteiger charge is -2.26. The highest BCUT2D eigenvalue weighted by molar-refractivity contribution is 14.1. The second-order valence-electron chi connectivity index (χ2n) is 5.49. The van der Waals surface area contributed by atoms with Gasteiger partial charge in [-0.15, -0.1) is 0 Å². The molecule has 1 aliphatic heterocycles. The monoisotopic (exact) mass is 440 g/mol. The summed E-state index contributed by atoms with van der Waals surface area (Å²) in [5.74, 6) is -0.402. The van der Waals surface area contributed by atoms with Gasteiger partial charge in [0.1, 0.15) is 11.6 Å². The second-order valence-corrected chi connectivity index (χ2v) is 6.74. The van der Waals surface area contributed by atoms with Crippen molar-refractivity contribution in [2.75, 3.05) is 44.7 Å². The number of rotatable bonds is 6. The number of carbonyl (C=O) groups is 1. The molecular formula is C17H21IN4O2. The molecule has 0 bridgehead atoms. The standard InChI is InChI=1S/C17H21IN4O2/c1-13-10-15(18)2-3-16(13)21-17(23)14(11-19)12-20-4-5-22-6-8-24-9-7-22/h2-3,10,12,20H,4-9H2,1H3,(H,21,23)/b14-12-. The molecule has 0 spiro atoms. The molecule has 0 unspecified atom stereocenters. The number of nitrogens with zero attached hydrogens (tertiary/aromatic N) is 2. The molecule has 0 radical (unpaired) electrons. The van der Waals surface area contributed by atoms with E-state index < -0.39 is 5.91 Å². The Labute approximate surface area is 156 Å². The highest BCUT2D eigenvalue weighted by Gasteiger charge is 2.11. The number of anilines is 1. The van der Waals surface area contributed by atoms with Gasteiger partial charge in [0.15, 0.2) is 0 Å². The summed E-state index contributed by atoms with van der Waals surface area (Å²) in [5, 5.41) is 15.0. The van der Waals surface area contributed by atoms with E-state index >= 15 is 0 Å². The molecule has 6 nitrogen and oxygen atoms in total. The van der Waals surface area contributed by atoms with E-state index in [1.54, 1.807) is 0 Å². The fourth-order valence-electron chi connectivity index (χ4n) is 2.33. The van der Waals surface area contributed by atoms with Crippen LogP contribution < -0.4 is 10.6 Å². The summed E-state index contributed by atoms with van der Waals surface area (Å²) in [7, 11) is 0. The number of carbonyl (C=O) groups excluding carboxylic acids is 1. The average molecular weight is 440 g/mol. The van der Waals surface area contributed by atoms with Crippen molar-refractivity contribution in [1.29, 1.82) is 5.26 Å². The minimum Gasteiger partial charge on any atom is -0.388 e. The van der Waals surface area contributed by atoms with Crippen LogP contribution in [0.3, 0.4) is 0 Å². The Morgan fingerprint density at radius 1 is 1.46 bits per heavy atom. The van der Waals surface area contributed by atoms with Crippen molar-refractivity contribution in [2.45, 2.75) is 6.92 Å². The summed E-state index contributed by atoms with van der Waals surface area (Å²) in [6, 6.07) is 7.68. The van der Waals surface area contributed by atoms with Crippen LogP contribution in [0.25, 0.3) is 0 Å². The Balaban J connectivity index is 1.85. The lowest BCUT2D eigenvalue weighted by molar-refractivity contribution is -0.112. The smallest absolute Gasteiger partial charge is 0.267 e. The maximum Gasteiger partial charge on any atom is 0.267 e. The number of nitrogens with one attached hydrogen (secondary N) is 2. The molecule has 1 aromatic rings. The lowest BCUT2D eigenvalue weighted by atomic mass is 10.2. The molecular weight excluding hydrogens is 419 g/mol. The Kier molecular flexibility index (Phi) is 7.49. The molecule has 0 aliphatic carbocycles. The van der Waals surface area contributed by atoms with Crippen molar-refractivity contribution in [1.82, 2.24) is 10.2 Å². The van der Waals surface area contributed by atoms with Gasteiger partial charge < -0.3 is 15.4 Å². The Morgan fingerprint density at radius 3 is 2.88 bits per heavy atom. The normalized spacial score (nSPS) is 15.6. The molecule has 1 amide bonds. The second kappa shape index (κ2) is 9.61. The summed E-state index contributed by atoms with van der Waals surface area (Å²) in [6.45, 7) is 6.83. The first-order chi connectivity index (χ1) is 11.6. The summed E-state index contributed by atoms with van der Waals surface area (Å²) >= 11 is 2.22. The van der Waals surface area contributed by atoms with Crippen molar-refractivity contribution >= 4 is 34.2 Å². The van der Waals surface area contributed by atoms with Crippen molar-refractivity contribution in [3.8, 4) is 6.07 Å². The van der Waals surface area contributed by atoms with Crippen molar-refractivity contribution in [2.24, 2.45) is 0 Å². The Bertz CT molecular complexity index is 648. The summed E-state index contributed by atoms with van der Waals surface area (Å²) < 4.78 is 6.40. The minimum absolute atomic E-state index is 0.0647. The van der Waals surface area contributed by atoms with Crippen molar-refractivity contribution < 1.29 is 9.53 Å². The molecule has 128 valence electrons. The predicted molar refractivity (Wildman–Crippen MR) is 101 cm³/mol. The molecule has 0 aromatic heterocycles. The van der Waals surface area contributed by atoms with Gasteiger partial charge in [0.25, 0.3) is 5.91 Å². The van der Waals surface area contributed by atoms with Gasteiger partial charge in [-0.1, -0.05) is 0 Å². The Morgan fingerprint density at radius 2 is 2.21 bits per heavy atom. The third kappa shape index (κ3) is 5.78. The molecule has 1 saturated heterocycles. The number of halogens is 1. The maximum absolute atomic E-state index is 12.2. The topological polar surface area (TPSA) is 77.4 Å². The summed E-state index contributed by atoms with van der Waals surface area (Å²) in [6.07, 6.45) is 1.48. The number of amides is 1. The maximum atomic E-state index is 12.2. The molecule has 2 N–H and O–H groups in total. The van der Waals surface area contributed by atoms with Crippen LogP contribution in [0.15, 0.2) is 30.0 Å². The van der Waals surface area contributed by atoms with Gasteiger partial charge in [0, 0.05) is 41.6 Å². The van der Waals surface area contributed by atoms with Crippen molar-refractivity contribution in [3.05, 3.63) is 39.1 Å². The highest BCUT2D eigenvalue weighted by atomic mass is 127. The van der Waals surface area contributed by atoms with Gasteiger partial charge in [-0.05, 0) is 53.3 Å². The lowest BCUT2D eigenvalue weighted by Crippen LogP contribution is -2.39. The summed E-state index contributed by atoms with van der Waals surface area (Å²) in [4.78, 5) is 14.5. The van der Waals surface area contributed by atoms with Crippen LogP contribution in [-0.2, 0) is 9.53 Å². The van der Waals surface area contributed by atoms with Gasteiger partial charge in [-0.25, -0.2) is 0 Å². The molecule has 0 atom stereocenters. The largest absolute Gasteiger partial charge is 0.388 e. The first-order valence-corrected chi connectivity index (χ1v) is 8.89. The van der Waals surface area contributed by atoms with E-state index in [4.69, 9.17) is 4.74 Å². The van der Waals surface area contributed by atoms with E-state index in [1.807, 2.05) is 31.2 Å². The third-order valence-electron chi connectivity index (χ3n) is 3.72.